The molecule has 0 heterocycles. The first-order valence-corrected chi connectivity index (χ1v) is 12.3. The second kappa shape index (κ2) is 10.5. The van der Waals surface area contributed by atoms with Gasteiger partial charge in [0.1, 0.15) is 11.8 Å². The number of rotatable bonds is 10. The molecule has 158 valence electrons. The zero-order valence-electron chi connectivity index (χ0n) is 17.2. The van der Waals surface area contributed by atoms with Crippen LogP contribution in [0.25, 0.3) is 0 Å². The third-order valence-electron chi connectivity index (χ3n) is 4.29. The van der Waals surface area contributed by atoms with Crippen LogP contribution in [-0.2, 0) is 20.6 Å². The molecule has 0 saturated carbocycles. The lowest BCUT2D eigenvalue weighted by atomic mass is 10.2. The van der Waals surface area contributed by atoms with Crippen LogP contribution >= 0.6 is 11.8 Å². The number of hydrogen-bond acceptors (Lipinski definition) is 5. The van der Waals surface area contributed by atoms with Gasteiger partial charge in [0.2, 0.25) is 15.9 Å². The molecule has 0 aliphatic heterocycles. The summed E-state index contributed by atoms with van der Waals surface area (Å²) in [5.74, 6) is 1.79. The first-order chi connectivity index (χ1) is 13.7. The summed E-state index contributed by atoms with van der Waals surface area (Å²) >= 11 is 1.72. The van der Waals surface area contributed by atoms with Gasteiger partial charge in [-0.15, -0.1) is 0 Å². The topological polar surface area (TPSA) is 75.7 Å². The maximum Gasteiger partial charge on any atom is 0.243 e. The van der Waals surface area contributed by atoms with Crippen LogP contribution in [0.3, 0.4) is 0 Å². The van der Waals surface area contributed by atoms with Crippen molar-refractivity contribution in [3.63, 3.8) is 0 Å². The Labute approximate surface area is 177 Å². The molecule has 0 aliphatic carbocycles. The van der Waals surface area contributed by atoms with Gasteiger partial charge in [-0.1, -0.05) is 35.9 Å². The molecule has 0 radical (unpaired) electrons. The monoisotopic (exact) mass is 436 g/mol. The molecule has 6 nitrogen and oxygen atoms in total. The van der Waals surface area contributed by atoms with Crippen LogP contribution in [0.15, 0.2) is 48.5 Å². The molecule has 0 unspecified atom stereocenters. The van der Waals surface area contributed by atoms with Crippen molar-refractivity contribution >= 4 is 33.4 Å². The van der Waals surface area contributed by atoms with E-state index in [9.17, 15) is 13.2 Å². The minimum absolute atomic E-state index is 0.339. The van der Waals surface area contributed by atoms with Gasteiger partial charge < -0.3 is 10.1 Å². The number of sulfonamides is 1. The fraction of sp³-hybridized carbons (Fsp3) is 0.381. The lowest BCUT2D eigenvalue weighted by Crippen LogP contribution is -2.48. The highest BCUT2D eigenvalue weighted by atomic mass is 32.2. The molecule has 2 aromatic rings. The number of carbonyl (C=O) groups excluding carboxylic acids is 1. The molecule has 8 heteroatoms. The Hall–Kier alpha value is -2.19. The molecule has 0 spiro atoms. The SMILES string of the molecule is COc1cccc(N([C@H](C)C(=O)NCCSCc2cccc(C)c2)S(C)(=O)=O)c1. The second-order valence-corrected chi connectivity index (χ2v) is 9.73. The number of nitrogens with one attached hydrogen (secondary N) is 1. The second-order valence-electron chi connectivity index (χ2n) is 6.77. The standard InChI is InChI=1S/C21H28N2O4S2/c1-16-7-5-8-18(13-16)15-28-12-11-22-21(24)17(2)23(29(4,25)26)19-9-6-10-20(14-19)27-3/h5-10,13-14,17H,11-12,15H2,1-4H3,(H,22,24)/t17-/m1/s1. The maximum atomic E-state index is 12.6. The van der Waals surface area contributed by atoms with E-state index >= 15 is 0 Å². The average Bonchev–Trinajstić information content (AvgIpc) is 2.66. The number of hydrogen-bond donors (Lipinski definition) is 1. The number of aryl methyl sites for hydroxylation is 1. The lowest BCUT2D eigenvalue weighted by molar-refractivity contribution is -0.121. The Balaban J connectivity index is 1.93. The van der Waals surface area contributed by atoms with E-state index in [0.29, 0.717) is 18.0 Å². The van der Waals surface area contributed by atoms with Crippen LogP contribution in [0.4, 0.5) is 5.69 Å². The minimum atomic E-state index is -3.65. The molecule has 1 atom stereocenters. The molecular formula is C21H28N2O4S2. The molecule has 0 fully saturated rings. The van der Waals surface area contributed by atoms with Crippen molar-refractivity contribution in [2.45, 2.75) is 25.6 Å². The first kappa shape index (κ1) is 23.1. The summed E-state index contributed by atoms with van der Waals surface area (Å²) < 4.78 is 31.0. The summed E-state index contributed by atoms with van der Waals surface area (Å²) in [5.41, 5.74) is 2.86. The van der Waals surface area contributed by atoms with E-state index in [1.165, 1.54) is 18.2 Å². The number of nitrogens with zero attached hydrogens (tertiary/aromatic N) is 1. The Morgan fingerprint density at radius 3 is 2.59 bits per heavy atom. The zero-order valence-corrected chi connectivity index (χ0v) is 18.8. The average molecular weight is 437 g/mol. The van der Waals surface area contributed by atoms with Crippen LogP contribution in [0, 0.1) is 6.92 Å². The molecule has 0 bridgehead atoms. The lowest BCUT2D eigenvalue weighted by Gasteiger charge is -2.28. The van der Waals surface area contributed by atoms with Crippen molar-refractivity contribution in [3.05, 3.63) is 59.7 Å². The Bertz CT molecular complexity index is 932. The molecular weight excluding hydrogens is 408 g/mol. The van der Waals surface area contributed by atoms with Crippen molar-refractivity contribution in [2.24, 2.45) is 0 Å². The van der Waals surface area contributed by atoms with Crippen molar-refractivity contribution in [3.8, 4) is 5.75 Å². The van der Waals surface area contributed by atoms with Gasteiger partial charge in [-0.25, -0.2) is 8.42 Å². The molecule has 1 amide bonds. The molecule has 1 N–H and O–H groups in total. The summed E-state index contributed by atoms with van der Waals surface area (Å²) in [6.45, 7) is 4.11. The number of thioether (sulfide) groups is 1. The number of carbonyl (C=O) groups is 1. The summed E-state index contributed by atoms with van der Waals surface area (Å²) in [7, 11) is -2.14. The van der Waals surface area contributed by atoms with Crippen molar-refractivity contribution in [1.82, 2.24) is 5.32 Å². The predicted octanol–water partition coefficient (Wildman–Crippen LogP) is 3.21. The van der Waals surface area contributed by atoms with Crippen LogP contribution in [0.5, 0.6) is 5.75 Å². The number of methoxy groups -OCH3 is 1. The predicted molar refractivity (Wildman–Crippen MR) is 120 cm³/mol. The van der Waals surface area contributed by atoms with E-state index in [1.807, 2.05) is 6.07 Å². The van der Waals surface area contributed by atoms with Crippen molar-refractivity contribution < 1.29 is 17.9 Å². The minimum Gasteiger partial charge on any atom is -0.497 e. The number of anilines is 1. The molecule has 0 saturated heterocycles. The van der Waals surface area contributed by atoms with Gasteiger partial charge in [-0.2, -0.15) is 11.8 Å². The van der Waals surface area contributed by atoms with Gasteiger partial charge in [0, 0.05) is 24.1 Å². The summed E-state index contributed by atoms with van der Waals surface area (Å²) in [4.78, 5) is 12.6. The smallest absolute Gasteiger partial charge is 0.243 e. The van der Waals surface area contributed by atoms with E-state index in [1.54, 1.807) is 43.0 Å². The van der Waals surface area contributed by atoms with Gasteiger partial charge in [0.15, 0.2) is 0 Å². The van der Waals surface area contributed by atoms with E-state index in [0.717, 1.165) is 22.1 Å². The van der Waals surface area contributed by atoms with Gasteiger partial charge >= 0.3 is 0 Å². The molecule has 29 heavy (non-hydrogen) atoms. The third-order valence-corrected chi connectivity index (χ3v) is 6.57. The molecule has 0 aromatic heterocycles. The largest absolute Gasteiger partial charge is 0.497 e. The maximum absolute atomic E-state index is 12.6. The highest BCUT2D eigenvalue weighted by Crippen LogP contribution is 2.25. The van der Waals surface area contributed by atoms with Gasteiger partial charge in [0.05, 0.1) is 19.1 Å². The third kappa shape index (κ3) is 6.97. The highest BCUT2D eigenvalue weighted by molar-refractivity contribution is 7.98. The number of ether oxygens (including phenoxy) is 1. The Morgan fingerprint density at radius 2 is 1.93 bits per heavy atom. The van der Waals surface area contributed by atoms with E-state index < -0.39 is 16.1 Å². The van der Waals surface area contributed by atoms with E-state index in [2.05, 4.69) is 30.4 Å². The van der Waals surface area contributed by atoms with Crippen LogP contribution in [0.1, 0.15) is 18.1 Å². The van der Waals surface area contributed by atoms with Gasteiger partial charge in [-0.05, 0) is 31.5 Å². The fourth-order valence-corrected chi connectivity index (χ4v) is 4.92. The van der Waals surface area contributed by atoms with Crippen molar-refractivity contribution in [2.75, 3.05) is 30.0 Å². The van der Waals surface area contributed by atoms with Crippen molar-refractivity contribution in [1.29, 1.82) is 0 Å². The van der Waals surface area contributed by atoms with Crippen LogP contribution in [0.2, 0.25) is 0 Å². The number of benzene rings is 2. The molecule has 2 aromatic carbocycles. The van der Waals surface area contributed by atoms with E-state index in [4.69, 9.17) is 4.74 Å². The summed E-state index contributed by atoms with van der Waals surface area (Å²) in [5, 5.41) is 2.83. The quantitative estimate of drug-likeness (QED) is 0.579. The Morgan fingerprint density at radius 1 is 1.21 bits per heavy atom. The fourth-order valence-electron chi connectivity index (χ4n) is 2.94. The van der Waals surface area contributed by atoms with Gasteiger partial charge in [-0.3, -0.25) is 9.10 Å². The zero-order chi connectivity index (χ0) is 21.4. The Kier molecular flexibility index (Phi) is 8.40. The summed E-state index contributed by atoms with van der Waals surface area (Å²) in [6.07, 6.45) is 1.09. The highest BCUT2D eigenvalue weighted by Gasteiger charge is 2.29. The van der Waals surface area contributed by atoms with E-state index in [-0.39, 0.29) is 5.91 Å². The first-order valence-electron chi connectivity index (χ1n) is 9.27. The molecule has 2 rings (SSSR count). The summed E-state index contributed by atoms with van der Waals surface area (Å²) in [6, 6.07) is 14.1. The van der Waals surface area contributed by atoms with Crippen LogP contribution in [-0.4, -0.2) is 46.0 Å². The van der Waals surface area contributed by atoms with Crippen LogP contribution < -0.4 is 14.4 Å². The number of amides is 1. The normalized spacial score (nSPS) is 12.3. The van der Waals surface area contributed by atoms with Gasteiger partial charge in [0.25, 0.3) is 0 Å². The molecule has 0 aliphatic rings.